The fraction of sp³-hybridized carbons (Fsp3) is 0.200. The minimum atomic E-state index is -1.82. The third-order valence-electron chi connectivity index (χ3n) is 2.23. The van der Waals surface area contributed by atoms with Gasteiger partial charge in [0.2, 0.25) is 5.72 Å². The highest BCUT2D eigenvalue weighted by Gasteiger charge is 2.44. The minimum absolute atomic E-state index is 0.0609. The first-order chi connectivity index (χ1) is 7.10. The Kier molecular flexibility index (Phi) is 2.17. The van der Waals surface area contributed by atoms with E-state index in [1.54, 1.807) is 24.3 Å². The lowest BCUT2D eigenvalue weighted by atomic mass is 10.0. The van der Waals surface area contributed by atoms with Crippen LogP contribution < -0.4 is 10.6 Å². The van der Waals surface area contributed by atoms with Crippen LogP contribution in [0.15, 0.2) is 30.3 Å². The van der Waals surface area contributed by atoms with Crippen LogP contribution in [0, 0.1) is 0 Å². The molecule has 0 aromatic heterocycles. The number of nitrogens with one attached hydrogen (secondary N) is 2. The van der Waals surface area contributed by atoms with Gasteiger partial charge in [-0.1, -0.05) is 30.3 Å². The molecule has 1 atom stereocenters. The lowest BCUT2D eigenvalue weighted by Crippen LogP contribution is -2.48. The van der Waals surface area contributed by atoms with Crippen molar-refractivity contribution < 1.29 is 14.7 Å². The van der Waals surface area contributed by atoms with Crippen LogP contribution in [0.1, 0.15) is 5.56 Å². The predicted octanol–water partition coefficient (Wildman–Crippen LogP) is -0.243. The predicted molar refractivity (Wildman–Crippen MR) is 51.8 cm³/mol. The Hall–Kier alpha value is -1.88. The molecular weight excluding hydrogens is 196 g/mol. The Morgan fingerprint density at radius 1 is 1.20 bits per heavy atom. The average Bonchev–Trinajstić information content (AvgIpc) is 2.41. The maximum atomic E-state index is 11.3. The summed E-state index contributed by atoms with van der Waals surface area (Å²) in [6.45, 7) is 0. The molecule has 1 fully saturated rings. The first kappa shape index (κ1) is 9.67. The van der Waals surface area contributed by atoms with Gasteiger partial charge in [0.25, 0.3) is 5.91 Å². The largest absolute Gasteiger partial charge is 0.363 e. The first-order valence-electron chi connectivity index (χ1n) is 4.50. The number of rotatable bonds is 2. The van der Waals surface area contributed by atoms with E-state index in [1.807, 2.05) is 11.4 Å². The van der Waals surface area contributed by atoms with E-state index < -0.39 is 17.7 Å². The summed E-state index contributed by atoms with van der Waals surface area (Å²) in [5, 5.41) is 14.0. The number of hydrogen-bond donors (Lipinski definition) is 3. The lowest BCUT2D eigenvalue weighted by Gasteiger charge is -2.18. The molecule has 1 aliphatic heterocycles. The molecule has 78 valence electrons. The Labute approximate surface area is 86.1 Å². The number of imide groups is 1. The molecule has 0 spiro atoms. The van der Waals surface area contributed by atoms with Crippen LogP contribution >= 0.6 is 0 Å². The molecule has 0 saturated carbocycles. The fourth-order valence-corrected chi connectivity index (χ4v) is 1.50. The van der Waals surface area contributed by atoms with Gasteiger partial charge in [-0.15, -0.1) is 0 Å². The van der Waals surface area contributed by atoms with Gasteiger partial charge in [-0.25, -0.2) is 4.79 Å². The standard InChI is InChI=1S/C10H10N2O3/c13-8-10(15,12-9(14)11-8)6-7-4-2-1-3-5-7/h1-5,15H,6H2,(H2,11,12,13,14). The molecule has 3 N–H and O–H groups in total. The Morgan fingerprint density at radius 3 is 2.40 bits per heavy atom. The van der Waals surface area contributed by atoms with Crippen LogP contribution in [-0.4, -0.2) is 22.8 Å². The molecule has 0 radical (unpaired) electrons. The van der Waals surface area contributed by atoms with Crippen molar-refractivity contribution in [3.8, 4) is 0 Å². The topological polar surface area (TPSA) is 78.4 Å². The number of aliphatic hydroxyl groups is 1. The van der Waals surface area contributed by atoms with Crippen LogP contribution in [0.2, 0.25) is 0 Å². The van der Waals surface area contributed by atoms with Crippen LogP contribution in [0.4, 0.5) is 4.79 Å². The van der Waals surface area contributed by atoms with Crippen molar-refractivity contribution in [1.82, 2.24) is 10.6 Å². The van der Waals surface area contributed by atoms with Gasteiger partial charge < -0.3 is 10.4 Å². The van der Waals surface area contributed by atoms with Gasteiger partial charge in [-0.2, -0.15) is 0 Å². The molecule has 1 saturated heterocycles. The van der Waals surface area contributed by atoms with Gasteiger partial charge in [-0.3, -0.25) is 10.1 Å². The molecule has 1 aliphatic rings. The van der Waals surface area contributed by atoms with E-state index in [0.717, 1.165) is 5.56 Å². The summed E-state index contributed by atoms with van der Waals surface area (Å²) in [6.07, 6.45) is 0.0609. The summed E-state index contributed by atoms with van der Waals surface area (Å²) in [5.74, 6) is -0.712. The number of amides is 3. The van der Waals surface area contributed by atoms with Gasteiger partial charge in [0.15, 0.2) is 0 Å². The number of urea groups is 1. The summed E-state index contributed by atoms with van der Waals surface area (Å²) in [5.41, 5.74) is -1.05. The van der Waals surface area contributed by atoms with Crippen molar-refractivity contribution in [3.05, 3.63) is 35.9 Å². The summed E-state index contributed by atoms with van der Waals surface area (Å²) < 4.78 is 0. The van der Waals surface area contributed by atoms with Crippen LogP contribution in [-0.2, 0) is 11.2 Å². The van der Waals surface area contributed by atoms with Crippen LogP contribution in [0.25, 0.3) is 0 Å². The number of carbonyl (C=O) groups excluding carboxylic acids is 2. The van der Waals surface area contributed by atoms with Crippen molar-refractivity contribution in [2.75, 3.05) is 0 Å². The zero-order chi connectivity index (χ0) is 10.9. The second-order valence-corrected chi connectivity index (χ2v) is 3.43. The SMILES string of the molecule is O=C1NC(=O)C(O)(Cc2ccccc2)N1. The molecule has 5 nitrogen and oxygen atoms in total. The Morgan fingerprint density at radius 2 is 1.87 bits per heavy atom. The normalized spacial score (nSPS) is 24.9. The fourth-order valence-electron chi connectivity index (χ4n) is 1.50. The highest BCUT2D eigenvalue weighted by atomic mass is 16.3. The van der Waals surface area contributed by atoms with Gasteiger partial charge in [0, 0.05) is 6.42 Å². The van der Waals surface area contributed by atoms with Crippen molar-refractivity contribution in [2.45, 2.75) is 12.1 Å². The van der Waals surface area contributed by atoms with E-state index >= 15 is 0 Å². The summed E-state index contributed by atoms with van der Waals surface area (Å²) in [4.78, 5) is 22.1. The van der Waals surface area contributed by atoms with Gasteiger partial charge in [0.1, 0.15) is 0 Å². The molecule has 1 aromatic rings. The smallest absolute Gasteiger partial charge is 0.324 e. The number of benzene rings is 1. The van der Waals surface area contributed by atoms with E-state index in [0.29, 0.717) is 0 Å². The zero-order valence-electron chi connectivity index (χ0n) is 7.86. The molecule has 1 heterocycles. The summed E-state index contributed by atoms with van der Waals surface area (Å²) in [7, 11) is 0. The molecule has 1 aromatic carbocycles. The Balaban J connectivity index is 2.18. The molecule has 1 unspecified atom stereocenters. The van der Waals surface area contributed by atoms with Gasteiger partial charge >= 0.3 is 6.03 Å². The quantitative estimate of drug-likeness (QED) is 0.584. The molecule has 2 rings (SSSR count). The molecule has 5 heteroatoms. The molecular formula is C10H10N2O3. The molecule has 0 bridgehead atoms. The van der Waals surface area contributed by atoms with Gasteiger partial charge in [-0.05, 0) is 5.56 Å². The van der Waals surface area contributed by atoms with Crippen molar-refractivity contribution in [3.63, 3.8) is 0 Å². The second-order valence-electron chi connectivity index (χ2n) is 3.43. The zero-order valence-corrected chi connectivity index (χ0v) is 7.86. The van der Waals surface area contributed by atoms with Crippen molar-refractivity contribution in [1.29, 1.82) is 0 Å². The second kappa shape index (κ2) is 3.36. The maximum absolute atomic E-state index is 11.3. The highest BCUT2D eigenvalue weighted by molar-refractivity contribution is 6.05. The summed E-state index contributed by atoms with van der Waals surface area (Å²) >= 11 is 0. The minimum Gasteiger partial charge on any atom is -0.363 e. The lowest BCUT2D eigenvalue weighted by molar-refractivity contribution is -0.136. The van der Waals surface area contributed by atoms with E-state index in [4.69, 9.17) is 0 Å². The van der Waals surface area contributed by atoms with E-state index in [2.05, 4.69) is 5.32 Å². The van der Waals surface area contributed by atoms with E-state index in [9.17, 15) is 14.7 Å². The average molecular weight is 206 g/mol. The third kappa shape index (κ3) is 1.82. The third-order valence-corrected chi connectivity index (χ3v) is 2.23. The molecule has 0 aliphatic carbocycles. The van der Waals surface area contributed by atoms with Crippen molar-refractivity contribution >= 4 is 11.9 Å². The number of hydrogen-bond acceptors (Lipinski definition) is 3. The highest BCUT2D eigenvalue weighted by Crippen LogP contribution is 2.14. The monoisotopic (exact) mass is 206 g/mol. The van der Waals surface area contributed by atoms with E-state index in [1.165, 1.54) is 0 Å². The molecule has 15 heavy (non-hydrogen) atoms. The molecule has 3 amide bonds. The van der Waals surface area contributed by atoms with Crippen LogP contribution in [0.5, 0.6) is 0 Å². The first-order valence-corrected chi connectivity index (χ1v) is 4.50. The van der Waals surface area contributed by atoms with Crippen molar-refractivity contribution in [2.24, 2.45) is 0 Å². The van der Waals surface area contributed by atoms with Gasteiger partial charge in [0.05, 0.1) is 0 Å². The number of carbonyl (C=O) groups is 2. The Bertz CT molecular complexity index is 404. The van der Waals surface area contributed by atoms with Crippen LogP contribution in [0.3, 0.4) is 0 Å². The van der Waals surface area contributed by atoms with E-state index in [-0.39, 0.29) is 6.42 Å². The summed E-state index contributed by atoms with van der Waals surface area (Å²) in [6, 6.07) is 8.31. The maximum Gasteiger partial charge on any atom is 0.324 e.